The number of halogens is 1. The first-order valence-electron chi connectivity index (χ1n) is 4.45. The van der Waals surface area contributed by atoms with Crippen molar-refractivity contribution >= 4 is 15.9 Å². The Morgan fingerprint density at radius 1 is 1.17 bits per heavy atom. The highest BCUT2D eigenvalue weighted by Gasteiger charge is 2.25. The van der Waals surface area contributed by atoms with Gasteiger partial charge in [-0.05, 0) is 55.4 Å². The molecule has 64 valence electrons. The third-order valence-corrected chi connectivity index (χ3v) is 3.42. The van der Waals surface area contributed by atoms with Gasteiger partial charge >= 0.3 is 0 Å². The van der Waals surface area contributed by atoms with E-state index in [4.69, 9.17) is 0 Å². The Kier molecular flexibility index (Phi) is 1.99. The summed E-state index contributed by atoms with van der Waals surface area (Å²) in [6, 6.07) is 4.57. The topological polar surface area (TPSA) is 0 Å². The second kappa shape index (κ2) is 2.88. The molecule has 0 amide bonds. The highest BCUT2D eigenvalue weighted by molar-refractivity contribution is 9.10. The molecule has 1 heteroatoms. The fourth-order valence-electron chi connectivity index (χ4n) is 1.68. The zero-order valence-electron chi connectivity index (χ0n) is 7.52. The van der Waals surface area contributed by atoms with Crippen LogP contribution in [0.2, 0.25) is 0 Å². The predicted octanol–water partition coefficient (Wildman–Crippen LogP) is 3.94. The van der Waals surface area contributed by atoms with Crippen LogP contribution in [0.1, 0.15) is 35.4 Å². The van der Waals surface area contributed by atoms with Crippen LogP contribution in [0.5, 0.6) is 0 Å². The van der Waals surface area contributed by atoms with Gasteiger partial charge in [-0.3, -0.25) is 0 Å². The standard InChI is InChI=1S/C11H13Br/c1-7-5-8(2)11(12)6-10(7)9-3-4-9/h5-6,9H,3-4H2,1-2H3. The van der Waals surface area contributed by atoms with E-state index in [0.29, 0.717) is 0 Å². The van der Waals surface area contributed by atoms with E-state index in [-0.39, 0.29) is 0 Å². The molecule has 1 saturated carbocycles. The molecule has 12 heavy (non-hydrogen) atoms. The van der Waals surface area contributed by atoms with Gasteiger partial charge in [0.2, 0.25) is 0 Å². The maximum absolute atomic E-state index is 3.58. The molecule has 0 atom stereocenters. The van der Waals surface area contributed by atoms with Gasteiger partial charge in [0.05, 0.1) is 0 Å². The molecule has 0 saturated heterocycles. The third kappa shape index (κ3) is 1.42. The molecule has 1 aliphatic rings. The largest absolute Gasteiger partial charge is 0.0550 e. The molecular weight excluding hydrogens is 212 g/mol. The molecular formula is C11H13Br. The van der Waals surface area contributed by atoms with E-state index in [1.165, 1.54) is 28.4 Å². The minimum Gasteiger partial charge on any atom is -0.0550 e. The molecule has 0 nitrogen and oxygen atoms in total. The van der Waals surface area contributed by atoms with E-state index in [0.717, 1.165) is 5.92 Å². The molecule has 1 fully saturated rings. The predicted molar refractivity (Wildman–Crippen MR) is 55.6 cm³/mol. The molecule has 0 radical (unpaired) electrons. The van der Waals surface area contributed by atoms with Crippen molar-refractivity contribution in [1.29, 1.82) is 0 Å². The summed E-state index contributed by atoms with van der Waals surface area (Å²) in [5.74, 6) is 0.863. The second-order valence-corrected chi connectivity index (χ2v) is 4.59. The van der Waals surface area contributed by atoms with Crippen LogP contribution in [-0.2, 0) is 0 Å². The molecule has 1 aromatic carbocycles. The zero-order valence-corrected chi connectivity index (χ0v) is 9.11. The minimum atomic E-state index is 0.863. The lowest BCUT2D eigenvalue weighted by atomic mass is 10.0. The first kappa shape index (κ1) is 8.31. The smallest absolute Gasteiger partial charge is 0.0207 e. The SMILES string of the molecule is Cc1cc(C)c(C2CC2)cc1Br. The van der Waals surface area contributed by atoms with Gasteiger partial charge in [0, 0.05) is 4.47 Å². The summed E-state index contributed by atoms with van der Waals surface area (Å²) in [7, 11) is 0. The van der Waals surface area contributed by atoms with Crippen molar-refractivity contribution < 1.29 is 0 Å². The molecule has 0 bridgehead atoms. The van der Waals surface area contributed by atoms with Crippen LogP contribution in [0.15, 0.2) is 16.6 Å². The average Bonchev–Trinajstić information content (AvgIpc) is 2.79. The molecule has 0 heterocycles. The zero-order chi connectivity index (χ0) is 8.72. The normalized spacial score (nSPS) is 16.6. The number of benzene rings is 1. The number of hydrogen-bond acceptors (Lipinski definition) is 0. The van der Waals surface area contributed by atoms with E-state index >= 15 is 0 Å². The Morgan fingerprint density at radius 2 is 1.83 bits per heavy atom. The van der Waals surface area contributed by atoms with Gasteiger partial charge in [0.1, 0.15) is 0 Å². The Hall–Kier alpha value is -0.300. The molecule has 1 aromatic rings. The summed E-state index contributed by atoms with van der Waals surface area (Å²) in [4.78, 5) is 0. The van der Waals surface area contributed by atoms with Crippen LogP contribution in [0.4, 0.5) is 0 Å². The van der Waals surface area contributed by atoms with Gasteiger partial charge in [-0.15, -0.1) is 0 Å². The Labute approximate surface area is 82.1 Å². The first-order valence-corrected chi connectivity index (χ1v) is 5.24. The van der Waals surface area contributed by atoms with E-state index in [2.05, 4.69) is 41.9 Å². The van der Waals surface area contributed by atoms with E-state index in [9.17, 15) is 0 Å². The molecule has 0 unspecified atom stereocenters. The van der Waals surface area contributed by atoms with Gasteiger partial charge in [-0.25, -0.2) is 0 Å². The third-order valence-electron chi connectivity index (χ3n) is 2.56. The molecule has 2 rings (SSSR count). The van der Waals surface area contributed by atoms with E-state index < -0.39 is 0 Å². The lowest BCUT2D eigenvalue weighted by Crippen LogP contribution is -1.88. The molecule has 0 aliphatic heterocycles. The van der Waals surface area contributed by atoms with Crippen LogP contribution in [0.3, 0.4) is 0 Å². The maximum atomic E-state index is 3.58. The van der Waals surface area contributed by atoms with Crippen molar-refractivity contribution in [1.82, 2.24) is 0 Å². The quantitative estimate of drug-likeness (QED) is 0.678. The van der Waals surface area contributed by atoms with Gasteiger partial charge in [-0.2, -0.15) is 0 Å². The lowest BCUT2D eigenvalue weighted by molar-refractivity contribution is 1.09. The average molecular weight is 225 g/mol. The number of rotatable bonds is 1. The molecule has 0 N–H and O–H groups in total. The Balaban J connectivity index is 2.47. The summed E-state index contributed by atoms with van der Waals surface area (Å²) >= 11 is 3.58. The lowest BCUT2D eigenvalue weighted by Gasteiger charge is -2.07. The molecule has 0 aromatic heterocycles. The number of hydrogen-bond donors (Lipinski definition) is 0. The summed E-state index contributed by atoms with van der Waals surface area (Å²) in [6.07, 6.45) is 2.77. The Morgan fingerprint density at radius 3 is 2.42 bits per heavy atom. The van der Waals surface area contributed by atoms with E-state index in [1.54, 1.807) is 5.56 Å². The van der Waals surface area contributed by atoms with Crippen LogP contribution < -0.4 is 0 Å². The van der Waals surface area contributed by atoms with Crippen molar-refractivity contribution in [2.24, 2.45) is 0 Å². The van der Waals surface area contributed by atoms with Crippen LogP contribution >= 0.6 is 15.9 Å². The fourth-order valence-corrected chi connectivity index (χ4v) is 2.04. The van der Waals surface area contributed by atoms with Gasteiger partial charge in [0.25, 0.3) is 0 Å². The second-order valence-electron chi connectivity index (χ2n) is 3.73. The van der Waals surface area contributed by atoms with Crippen molar-refractivity contribution in [3.63, 3.8) is 0 Å². The number of aryl methyl sites for hydroxylation is 2. The monoisotopic (exact) mass is 224 g/mol. The van der Waals surface area contributed by atoms with Crippen LogP contribution in [-0.4, -0.2) is 0 Å². The highest BCUT2D eigenvalue weighted by atomic mass is 79.9. The van der Waals surface area contributed by atoms with Gasteiger partial charge < -0.3 is 0 Å². The van der Waals surface area contributed by atoms with Crippen LogP contribution in [0, 0.1) is 13.8 Å². The van der Waals surface area contributed by atoms with Crippen LogP contribution in [0.25, 0.3) is 0 Å². The van der Waals surface area contributed by atoms with E-state index in [1.807, 2.05) is 0 Å². The van der Waals surface area contributed by atoms with Crippen molar-refractivity contribution in [3.05, 3.63) is 33.3 Å². The first-order chi connectivity index (χ1) is 5.68. The van der Waals surface area contributed by atoms with Crippen molar-refractivity contribution in [2.75, 3.05) is 0 Å². The molecule has 0 spiro atoms. The minimum absolute atomic E-state index is 0.863. The van der Waals surface area contributed by atoms with Gasteiger partial charge in [-0.1, -0.05) is 22.0 Å². The molecule has 1 aliphatic carbocycles. The summed E-state index contributed by atoms with van der Waals surface area (Å²) in [6.45, 7) is 4.36. The Bertz CT molecular complexity index is 311. The summed E-state index contributed by atoms with van der Waals surface area (Å²) in [5, 5.41) is 0. The summed E-state index contributed by atoms with van der Waals surface area (Å²) < 4.78 is 1.26. The maximum Gasteiger partial charge on any atom is 0.0207 e. The van der Waals surface area contributed by atoms with Crippen molar-refractivity contribution in [2.45, 2.75) is 32.6 Å². The summed E-state index contributed by atoms with van der Waals surface area (Å²) in [5.41, 5.74) is 4.35. The fraction of sp³-hybridized carbons (Fsp3) is 0.455. The van der Waals surface area contributed by atoms with Crippen molar-refractivity contribution in [3.8, 4) is 0 Å². The van der Waals surface area contributed by atoms with Gasteiger partial charge in [0.15, 0.2) is 0 Å². The highest BCUT2D eigenvalue weighted by Crippen LogP contribution is 2.42.